The highest BCUT2D eigenvalue weighted by atomic mass is 35.5. The van der Waals surface area contributed by atoms with Gasteiger partial charge in [-0.2, -0.15) is 0 Å². The van der Waals surface area contributed by atoms with Crippen molar-refractivity contribution in [2.75, 3.05) is 6.54 Å². The first-order valence-electron chi connectivity index (χ1n) is 4.94. The Balaban J connectivity index is 2.47. The van der Waals surface area contributed by atoms with Gasteiger partial charge in [-0.1, -0.05) is 18.0 Å². The molecule has 1 aliphatic rings. The van der Waals surface area contributed by atoms with Crippen LogP contribution in [-0.4, -0.2) is 6.54 Å². The van der Waals surface area contributed by atoms with E-state index in [0.717, 1.165) is 25.3 Å². The van der Waals surface area contributed by atoms with Gasteiger partial charge in [-0.05, 0) is 24.5 Å². The van der Waals surface area contributed by atoms with E-state index in [0.29, 0.717) is 12.1 Å². The van der Waals surface area contributed by atoms with Gasteiger partial charge in [0.15, 0.2) is 0 Å². The van der Waals surface area contributed by atoms with Crippen molar-refractivity contribution in [3.8, 4) is 0 Å². The molecule has 0 aliphatic heterocycles. The fourth-order valence-electron chi connectivity index (χ4n) is 2.12. The molecule has 1 aromatic carbocycles. The SMILES string of the molecule is NCC1(c2cc(Cl)c(F)cc2F)CCC1. The Morgan fingerprint density at radius 3 is 2.40 bits per heavy atom. The largest absolute Gasteiger partial charge is 0.330 e. The molecule has 82 valence electrons. The zero-order valence-electron chi connectivity index (χ0n) is 8.19. The van der Waals surface area contributed by atoms with Gasteiger partial charge >= 0.3 is 0 Å². The molecule has 2 rings (SSSR count). The smallest absolute Gasteiger partial charge is 0.144 e. The Morgan fingerprint density at radius 1 is 1.27 bits per heavy atom. The van der Waals surface area contributed by atoms with E-state index in [4.69, 9.17) is 17.3 Å². The molecule has 1 nitrogen and oxygen atoms in total. The summed E-state index contributed by atoms with van der Waals surface area (Å²) in [4.78, 5) is 0. The van der Waals surface area contributed by atoms with Crippen LogP contribution in [0.1, 0.15) is 24.8 Å². The lowest BCUT2D eigenvalue weighted by atomic mass is 9.64. The Hall–Kier alpha value is -0.670. The molecule has 0 radical (unpaired) electrons. The van der Waals surface area contributed by atoms with Crippen molar-refractivity contribution in [2.45, 2.75) is 24.7 Å². The lowest BCUT2D eigenvalue weighted by Crippen LogP contribution is -2.42. The van der Waals surface area contributed by atoms with Crippen LogP contribution in [0.5, 0.6) is 0 Å². The topological polar surface area (TPSA) is 26.0 Å². The minimum Gasteiger partial charge on any atom is -0.330 e. The molecule has 0 aromatic heterocycles. The maximum absolute atomic E-state index is 13.6. The van der Waals surface area contributed by atoms with Crippen LogP contribution in [-0.2, 0) is 5.41 Å². The zero-order valence-corrected chi connectivity index (χ0v) is 8.95. The van der Waals surface area contributed by atoms with E-state index in [1.807, 2.05) is 0 Å². The van der Waals surface area contributed by atoms with Crippen LogP contribution in [0.15, 0.2) is 12.1 Å². The summed E-state index contributed by atoms with van der Waals surface area (Å²) in [6.45, 7) is 0.381. The Bertz CT molecular complexity index is 383. The second-order valence-electron chi connectivity index (χ2n) is 4.08. The molecule has 1 aliphatic carbocycles. The number of nitrogens with two attached hydrogens (primary N) is 1. The summed E-state index contributed by atoms with van der Waals surface area (Å²) in [7, 11) is 0. The summed E-state index contributed by atoms with van der Waals surface area (Å²) >= 11 is 5.65. The number of benzene rings is 1. The molecule has 1 saturated carbocycles. The van der Waals surface area contributed by atoms with Crippen LogP contribution in [0, 0.1) is 11.6 Å². The van der Waals surface area contributed by atoms with Gasteiger partial charge in [0.05, 0.1) is 5.02 Å². The van der Waals surface area contributed by atoms with Gasteiger partial charge in [0.2, 0.25) is 0 Å². The lowest BCUT2D eigenvalue weighted by molar-refractivity contribution is 0.244. The van der Waals surface area contributed by atoms with Gasteiger partial charge in [0.25, 0.3) is 0 Å². The summed E-state index contributed by atoms with van der Waals surface area (Å²) in [5.41, 5.74) is 5.80. The van der Waals surface area contributed by atoms with Gasteiger partial charge < -0.3 is 5.73 Å². The normalized spacial score (nSPS) is 18.7. The molecule has 0 unspecified atom stereocenters. The van der Waals surface area contributed by atoms with Gasteiger partial charge in [-0.15, -0.1) is 0 Å². The number of hydrogen-bond acceptors (Lipinski definition) is 1. The van der Waals surface area contributed by atoms with Crippen LogP contribution in [0.25, 0.3) is 0 Å². The summed E-state index contributed by atoms with van der Waals surface area (Å²) in [5, 5.41) is -0.0360. The van der Waals surface area contributed by atoms with Gasteiger partial charge in [0.1, 0.15) is 11.6 Å². The maximum atomic E-state index is 13.6. The first-order chi connectivity index (χ1) is 7.09. The molecule has 2 N–H and O–H groups in total. The monoisotopic (exact) mass is 231 g/mol. The summed E-state index contributed by atoms with van der Waals surface area (Å²) in [6.07, 6.45) is 2.73. The fourth-order valence-corrected chi connectivity index (χ4v) is 2.28. The number of halogens is 3. The van der Waals surface area contributed by atoms with Crippen LogP contribution < -0.4 is 5.73 Å². The molecule has 0 spiro atoms. The second kappa shape index (κ2) is 3.72. The van der Waals surface area contributed by atoms with Crippen molar-refractivity contribution in [3.05, 3.63) is 34.4 Å². The van der Waals surface area contributed by atoms with Crippen molar-refractivity contribution < 1.29 is 8.78 Å². The average molecular weight is 232 g/mol. The maximum Gasteiger partial charge on any atom is 0.144 e. The quantitative estimate of drug-likeness (QED) is 0.778. The molecular weight excluding hydrogens is 220 g/mol. The molecular formula is C11H12ClF2N. The van der Waals surface area contributed by atoms with E-state index in [9.17, 15) is 8.78 Å². The molecule has 15 heavy (non-hydrogen) atoms. The third kappa shape index (κ3) is 1.64. The van der Waals surface area contributed by atoms with Crippen molar-refractivity contribution in [2.24, 2.45) is 5.73 Å². The Kier molecular flexibility index (Phi) is 2.69. The second-order valence-corrected chi connectivity index (χ2v) is 4.49. The molecule has 1 aromatic rings. The van der Waals surface area contributed by atoms with E-state index in [2.05, 4.69) is 0 Å². The summed E-state index contributed by atoms with van der Waals surface area (Å²) in [5.74, 6) is -1.26. The van der Waals surface area contributed by atoms with E-state index in [-0.39, 0.29) is 10.4 Å². The van der Waals surface area contributed by atoms with Gasteiger partial charge in [-0.3, -0.25) is 0 Å². The highest BCUT2D eigenvalue weighted by Gasteiger charge is 2.39. The van der Waals surface area contributed by atoms with Crippen LogP contribution >= 0.6 is 11.6 Å². The predicted octanol–water partition coefficient (Wildman–Crippen LogP) is 3.00. The fraction of sp³-hybridized carbons (Fsp3) is 0.455. The average Bonchev–Trinajstić information content (AvgIpc) is 2.12. The van der Waals surface area contributed by atoms with Crippen LogP contribution in [0.2, 0.25) is 5.02 Å². The van der Waals surface area contributed by atoms with Crippen LogP contribution in [0.4, 0.5) is 8.78 Å². The van der Waals surface area contributed by atoms with Crippen molar-refractivity contribution in [1.82, 2.24) is 0 Å². The zero-order chi connectivity index (χ0) is 11.1. The van der Waals surface area contributed by atoms with Crippen LogP contribution in [0.3, 0.4) is 0 Å². The molecule has 0 bridgehead atoms. The highest BCUT2D eigenvalue weighted by Crippen LogP contribution is 2.44. The van der Waals surface area contributed by atoms with E-state index < -0.39 is 11.6 Å². The van der Waals surface area contributed by atoms with E-state index in [1.54, 1.807) is 0 Å². The number of hydrogen-bond donors (Lipinski definition) is 1. The van der Waals surface area contributed by atoms with Crippen molar-refractivity contribution in [3.63, 3.8) is 0 Å². The lowest BCUT2D eigenvalue weighted by Gasteiger charge is -2.41. The third-order valence-electron chi connectivity index (χ3n) is 3.28. The number of rotatable bonds is 2. The minimum absolute atomic E-state index is 0.0360. The molecule has 4 heteroatoms. The molecule has 1 fully saturated rings. The Labute approximate surface area is 92.2 Å². The highest BCUT2D eigenvalue weighted by molar-refractivity contribution is 6.30. The van der Waals surface area contributed by atoms with Gasteiger partial charge in [-0.25, -0.2) is 8.78 Å². The summed E-state index contributed by atoms with van der Waals surface area (Å²) in [6, 6.07) is 2.21. The molecule has 0 atom stereocenters. The summed E-state index contributed by atoms with van der Waals surface area (Å²) < 4.78 is 26.5. The minimum atomic E-state index is -0.718. The molecule has 0 saturated heterocycles. The predicted molar refractivity (Wildman–Crippen MR) is 56.0 cm³/mol. The molecule has 0 amide bonds. The van der Waals surface area contributed by atoms with Crippen molar-refractivity contribution in [1.29, 1.82) is 0 Å². The standard InChI is InChI=1S/C11H12ClF2N/c12-8-4-7(9(13)5-10(8)14)11(6-15)2-1-3-11/h4-5H,1-3,6,15H2. The first-order valence-corrected chi connectivity index (χ1v) is 5.32. The first kappa shape index (κ1) is 10.8. The van der Waals surface area contributed by atoms with E-state index >= 15 is 0 Å². The third-order valence-corrected chi connectivity index (χ3v) is 3.57. The van der Waals surface area contributed by atoms with E-state index in [1.165, 1.54) is 6.07 Å². The Morgan fingerprint density at radius 2 is 1.93 bits per heavy atom. The molecule has 0 heterocycles. The van der Waals surface area contributed by atoms with Crippen molar-refractivity contribution >= 4 is 11.6 Å². The van der Waals surface area contributed by atoms with Gasteiger partial charge in [0, 0.05) is 18.0 Å².